The maximum absolute atomic E-state index is 13.1. The molecule has 2 aromatic rings. The number of hydrogen-bond donors (Lipinski definition) is 0. The summed E-state index contributed by atoms with van der Waals surface area (Å²) in [6.45, 7) is 5.75. The maximum Gasteiger partial charge on any atom is 0.338 e. The summed E-state index contributed by atoms with van der Waals surface area (Å²) < 4.78 is 5.78. The molecule has 9 heteroatoms. The number of carbonyl (C=O) groups excluding carboxylic acids is 4. The molecule has 0 spiro atoms. The summed E-state index contributed by atoms with van der Waals surface area (Å²) in [5.74, 6) is -0.506. The number of ketones is 1. The van der Waals surface area contributed by atoms with Gasteiger partial charge in [-0.15, -0.1) is 0 Å². The maximum atomic E-state index is 13.1. The van der Waals surface area contributed by atoms with Crippen molar-refractivity contribution in [1.29, 1.82) is 0 Å². The fourth-order valence-corrected chi connectivity index (χ4v) is 6.12. The van der Waals surface area contributed by atoms with Gasteiger partial charge in [0.2, 0.25) is 11.8 Å². The van der Waals surface area contributed by atoms with Crippen molar-refractivity contribution >= 4 is 57.6 Å². The molecule has 2 fully saturated rings. The number of imide groups is 1. The van der Waals surface area contributed by atoms with Gasteiger partial charge >= 0.3 is 5.97 Å². The number of carbonyl (C=O) groups is 4. The topological polar surface area (TPSA) is 84.0 Å². The Balaban J connectivity index is 1.35. The minimum atomic E-state index is -0.659. The molecule has 2 aromatic carbocycles. The SMILES string of the molecule is CC1CC(C)CN(C(=S)SC2CC(=O)N(c3ccc(C(=O)OCC(=O)c4ccccc4)cc3)C2=O)C1. The summed E-state index contributed by atoms with van der Waals surface area (Å²) >= 11 is 6.90. The monoisotopic (exact) mass is 524 g/mol. The van der Waals surface area contributed by atoms with E-state index < -0.39 is 11.2 Å². The van der Waals surface area contributed by atoms with E-state index in [0.29, 0.717) is 27.4 Å². The second kappa shape index (κ2) is 11.3. The summed E-state index contributed by atoms with van der Waals surface area (Å²) in [5.41, 5.74) is 1.07. The third kappa shape index (κ3) is 6.02. The van der Waals surface area contributed by atoms with Gasteiger partial charge in [0.05, 0.1) is 11.3 Å². The number of esters is 1. The molecule has 36 heavy (non-hydrogen) atoms. The molecule has 3 unspecified atom stereocenters. The van der Waals surface area contributed by atoms with Crippen LogP contribution in [-0.2, 0) is 14.3 Å². The first-order valence-electron chi connectivity index (χ1n) is 11.9. The Bertz CT molecular complexity index is 1160. The normalized spacial score (nSPS) is 22.0. The molecule has 2 heterocycles. The average molecular weight is 525 g/mol. The van der Waals surface area contributed by atoms with Gasteiger partial charge < -0.3 is 9.64 Å². The van der Waals surface area contributed by atoms with Gasteiger partial charge in [-0.2, -0.15) is 0 Å². The van der Waals surface area contributed by atoms with Crippen molar-refractivity contribution in [2.45, 2.75) is 31.9 Å². The second-order valence-electron chi connectivity index (χ2n) is 9.41. The van der Waals surface area contributed by atoms with Crippen LogP contribution in [0.3, 0.4) is 0 Å². The molecule has 7 nitrogen and oxygen atoms in total. The summed E-state index contributed by atoms with van der Waals surface area (Å²) in [6, 6.07) is 14.6. The number of anilines is 1. The molecule has 2 aliphatic heterocycles. The number of benzene rings is 2. The Labute approximate surface area is 220 Å². The first-order valence-corrected chi connectivity index (χ1v) is 13.2. The average Bonchev–Trinajstić information content (AvgIpc) is 3.14. The highest BCUT2D eigenvalue weighted by Crippen LogP contribution is 2.33. The summed E-state index contributed by atoms with van der Waals surface area (Å²) in [5, 5.41) is -0.564. The van der Waals surface area contributed by atoms with Crippen LogP contribution < -0.4 is 4.90 Å². The lowest BCUT2D eigenvalue weighted by Gasteiger charge is -2.36. The van der Waals surface area contributed by atoms with Crippen LogP contribution in [-0.4, -0.2) is 57.7 Å². The third-order valence-corrected chi connectivity index (χ3v) is 7.93. The quantitative estimate of drug-likeness (QED) is 0.239. The van der Waals surface area contributed by atoms with Crippen LogP contribution in [0.25, 0.3) is 0 Å². The molecule has 0 aliphatic carbocycles. The van der Waals surface area contributed by atoms with Crippen molar-refractivity contribution in [1.82, 2.24) is 4.90 Å². The largest absolute Gasteiger partial charge is 0.454 e. The molecular weight excluding hydrogens is 496 g/mol. The Hall–Kier alpha value is -3.04. The lowest BCUT2D eigenvalue weighted by atomic mass is 9.92. The molecule has 2 saturated heterocycles. The van der Waals surface area contributed by atoms with Gasteiger partial charge in [-0.25, -0.2) is 9.69 Å². The van der Waals surface area contributed by atoms with Crippen molar-refractivity contribution < 1.29 is 23.9 Å². The molecule has 0 bridgehead atoms. The van der Waals surface area contributed by atoms with E-state index in [4.69, 9.17) is 17.0 Å². The van der Waals surface area contributed by atoms with Crippen molar-refractivity contribution in [3.05, 3.63) is 65.7 Å². The molecule has 0 N–H and O–H groups in total. The molecule has 188 valence electrons. The molecule has 0 radical (unpaired) electrons. The minimum Gasteiger partial charge on any atom is -0.454 e. The van der Waals surface area contributed by atoms with Gasteiger partial charge in [0.15, 0.2) is 12.4 Å². The molecule has 0 saturated carbocycles. The van der Waals surface area contributed by atoms with Crippen LogP contribution in [0.15, 0.2) is 54.6 Å². The van der Waals surface area contributed by atoms with Gasteiger partial charge in [-0.05, 0) is 42.5 Å². The van der Waals surface area contributed by atoms with Gasteiger partial charge in [0.1, 0.15) is 9.57 Å². The number of Topliss-reactive ketones (excluding diaryl/α,β-unsaturated/α-hetero) is 1. The minimum absolute atomic E-state index is 0.0774. The number of likely N-dealkylation sites (tertiary alicyclic amines) is 1. The van der Waals surface area contributed by atoms with E-state index in [2.05, 4.69) is 18.7 Å². The number of hydrogen-bond acceptors (Lipinski definition) is 7. The lowest BCUT2D eigenvalue weighted by molar-refractivity contribution is -0.121. The summed E-state index contributed by atoms with van der Waals surface area (Å²) in [6.07, 6.45) is 1.24. The van der Waals surface area contributed by atoms with Crippen molar-refractivity contribution in [3.63, 3.8) is 0 Å². The second-order valence-corrected chi connectivity index (χ2v) is 11.2. The van der Waals surface area contributed by atoms with Crippen molar-refractivity contribution in [2.24, 2.45) is 11.8 Å². The van der Waals surface area contributed by atoms with E-state index in [1.165, 1.54) is 36.0 Å². The molecule has 4 rings (SSSR count). The predicted molar refractivity (Wildman–Crippen MR) is 143 cm³/mol. The van der Waals surface area contributed by atoms with E-state index in [0.717, 1.165) is 24.4 Å². The smallest absolute Gasteiger partial charge is 0.338 e. The predicted octanol–water partition coefficient (Wildman–Crippen LogP) is 4.35. The Morgan fingerprint density at radius 2 is 1.61 bits per heavy atom. The van der Waals surface area contributed by atoms with E-state index in [1.54, 1.807) is 30.3 Å². The first-order chi connectivity index (χ1) is 17.2. The highest BCUT2D eigenvalue weighted by atomic mass is 32.2. The molecule has 3 atom stereocenters. The summed E-state index contributed by atoms with van der Waals surface area (Å²) in [7, 11) is 0. The Kier molecular flexibility index (Phi) is 8.21. The van der Waals surface area contributed by atoms with Crippen LogP contribution in [0.5, 0.6) is 0 Å². The van der Waals surface area contributed by atoms with Gasteiger partial charge in [0.25, 0.3) is 0 Å². The standard InChI is InChI=1S/C27H28N2O5S2/c1-17-12-18(2)15-28(14-17)27(35)36-23-13-24(31)29(25(23)32)21-10-8-20(9-11-21)26(33)34-16-22(30)19-6-4-3-5-7-19/h3-11,17-18,23H,12-16H2,1-2H3. The number of ether oxygens (including phenoxy) is 1. The molecule has 2 aliphatic rings. The number of nitrogens with zero attached hydrogens (tertiary/aromatic N) is 2. The molecule has 2 amide bonds. The van der Waals surface area contributed by atoms with Crippen LogP contribution >= 0.6 is 24.0 Å². The molecule has 0 aromatic heterocycles. The molecular formula is C27H28N2O5S2. The fraction of sp³-hybridized carbons (Fsp3) is 0.370. The number of thiocarbonyl (C=S) groups is 1. The highest BCUT2D eigenvalue weighted by Gasteiger charge is 2.41. The van der Waals surface area contributed by atoms with E-state index >= 15 is 0 Å². The zero-order valence-corrected chi connectivity index (χ0v) is 21.8. The first kappa shape index (κ1) is 26.0. The number of piperidine rings is 1. The van der Waals surface area contributed by atoms with E-state index in [9.17, 15) is 19.2 Å². The lowest BCUT2D eigenvalue weighted by Crippen LogP contribution is -2.41. The Morgan fingerprint density at radius 1 is 0.972 bits per heavy atom. The van der Waals surface area contributed by atoms with Gasteiger partial charge in [-0.3, -0.25) is 14.4 Å². The zero-order chi connectivity index (χ0) is 25.8. The van der Waals surface area contributed by atoms with E-state index in [-0.39, 0.29) is 36.2 Å². The van der Waals surface area contributed by atoms with Crippen LogP contribution in [0.2, 0.25) is 0 Å². The van der Waals surface area contributed by atoms with E-state index in [1.807, 2.05) is 0 Å². The van der Waals surface area contributed by atoms with Crippen LogP contribution in [0.1, 0.15) is 47.4 Å². The van der Waals surface area contributed by atoms with Crippen LogP contribution in [0, 0.1) is 11.8 Å². The van der Waals surface area contributed by atoms with Crippen molar-refractivity contribution in [2.75, 3.05) is 24.6 Å². The van der Waals surface area contributed by atoms with Crippen LogP contribution in [0.4, 0.5) is 5.69 Å². The number of amides is 2. The van der Waals surface area contributed by atoms with Gasteiger partial charge in [-0.1, -0.05) is 68.2 Å². The Morgan fingerprint density at radius 3 is 2.25 bits per heavy atom. The highest BCUT2D eigenvalue weighted by molar-refractivity contribution is 8.23. The zero-order valence-electron chi connectivity index (χ0n) is 20.2. The number of rotatable bonds is 6. The number of thioether (sulfide) groups is 1. The van der Waals surface area contributed by atoms with Crippen molar-refractivity contribution in [3.8, 4) is 0 Å². The summed E-state index contributed by atoms with van der Waals surface area (Å²) in [4.78, 5) is 53.6. The van der Waals surface area contributed by atoms with Gasteiger partial charge in [0, 0.05) is 25.1 Å². The fourth-order valence-electron chi connectivity index (χ4n) is 4.64. The third-order valence-electron chi connectivity index (χ3n) is 6.27.